The Balaban J connectivity index is 2.40. The molecule has 1 heterocycles. The Morgan fingerprint density at radius 2 is 2.33 bits per heavy atom. The summed E-state index contributed by atoms with van der Waals surface area (Å²) in [6.45, 7) is 7.69. The van der Waals surface area contributed by atoms with Crippen LogP contribution >= 0.6 is 0 Å². The van der Waals surface area contributed by atoms with E-state index in [4.69, 9.17) is 4.74 Å². The van der Waals surface area contributed by atoms with Crippen LogP contribution < -0.4 is 5.32 Å². The van der Waals surface area contributed by atoms with Crippen LogP contribution in [0.25, 0.3) is 0 Å². The summed E-state index contributed by atoms with van der Waals surface area (Å²) < 4.78 is 5.09. The number of carbonyl (C=O) groups excluding carboxylic acids is 1. The molecule has 0 aromatic rings. The van der Waals surface area contributed by atoms with Gasteiger partial charge < -0.3 is 15.0 Å². The zero-order valence-corrected chi connectivity index (χ0v) is 12.1. The van der Waals surface area contributed by atoms with Crippen molar-refractivity contribution in [2.24, 2.45) is 5.92 Å². The molecule has 1 fully saturated rings. The lowest BCUT2D eigenvalue weighted by molar-refractivity contribution is -0.132. The largest absolute Gasteiger partial charge is 0.384 e. The first kappa shape index (κ1) is 15.4. The average Bonchev–Trinajstić information content (AvgIpc) is 2.81. The number of amides is 1. The maximum atomic E-state index is 12.2. The molecule has 1 saturated heterocycles. The van der Waals surface area contributed by atoms with Gasteiger partial charge in [0.2, 0.25) is 5.91 Å². The summed E-state index contributed by atoms with van der Waals surface area (Å²) in [5, 5.41) is 3.46. The molecule has 1 aliphatic heterocycles. The number of hydrogen-bond acceptors (Lipinski definition) is 3. The zero-order chi connectivity index (χ0) is 13.4. The van der Waals surface area contributed by atoms with Crippen molar-refractivity contribution < 1.29 is 9.53 Å². The summed E-state index contributed by atoms with van der Waals surface area (Å²) in [5.74, 6) is 0.577. The fourth-order valence-electron chi connectivity index (χ4n) is 2.54. The minimum absolute atomic E-state index is 0.273. The second-order valence-corrected chi connectivity index (χ2v) is 5.40. The Bertz CT molecular complexity index is 240. The van der Waals surface area contributed by atoms with Gasteiger partial charge in [-0.3, -0.25) is 4.79 Å². The van der Waals surface area contributed by atoms with Crippen LogP contribution in [0.4, 0.5) is 0 Å². The topological polar surface area (TPSA) is 41.6 Å². The number of hydrogen-bond donors (Lipinski definition) is 1. The molecule has 0 saturated carbocycles. The number of ether oxygens (including phenoxy) is 1. The van der Waals surface area contributed by atoms with Gasteiger partial charge in [-0.2, -0.15) is 0 Å². The minimum Gasteiger partial charge on any atom is -0.384 e. The Kier molecular flexibility index (Phi) is 7.28. The molecule has 106 valence electrons. The van der Waals surface area contributed by atoms with E-state index in [1.54, 1.807) is 7.11 Å². The van der Waals surface area contributed by atoms with Gasteiger partial charge in [0, 0.05) is 39.3 Å². The van der Waals surface area contributed by atoms with Crippen LogP contribution in [0.15, 0.2) is 0 Å². The number of rotatable bonds is 8. The molecule has 0 bridgehead atoms. The van der Waals surface area contributed by atoms with Crippen molar-refractivity contribution >= 4 is 5.91 Å². The molecule has 0 aromatic heterocycles. The zero-order valence-electron chi connectivity index (χ0n) is 12.1. The van der Waals surface area contributed by atoms with Crippen LogP contribution in [0.2, 0.25) is 0 Å². The molecule has 1 amide bonds. The molecular weight excluding hydrogens is 228 g/mol. The summed E-state index contributed by atoms with van der Waals surface area (Å²) >= 11 is 0. The third kappa shape index (κ3) is 5.36. The molecular formula is C14H28N2O2. The second-order valence-electron chi connectivity index (χ2n) is 5.40. The van der Waals surface area contributed by atoms with Crippen LogP contribution in [0, 0.1) is 5.92 Å². The third-order valence-corrected chi connectivity index (χ3v) is 3.42. The number of nitrogens with zero attached hydrogens (tertiary/aromatic N) is 1. The van der Waals surface area contributed by atoms with E-state index in [0.717, 1.165) is 26.1 Å². The quantitative estimate of drug-likeness (QED) is 0.718. The van der Waals surface area contributed by atoms with Crippen molar-refractivity contribution in [3.05, 3.63) is 0 Å². The Labute approximate surface area is 111 Å². The summed E-state index contributed by atoms with van der Waals surface area (Å²) in [5.41, 5.74) is 0. The molecule has 0 aliphatic carbocycles. The summed E-state index contributed by atoms with van der Waals surface area (Å²) in [7, 11) is 1.69. The monoisotopic (exact) mass is 256 g/mol. The number of carbonyl (C=O) groups is 1. The van der Waals surface area contributed by atoms with E-state index in [1.807, 2.05) is 4.90 Å². The van der Waals surface area contributed by atoms with E-state index in [1.165, 1.54) is 12.8 Å². The summed E-state index contributed by atoms with van der Waals surface area (Å²) in [4.78, 5) is 14.3. The highest BCUT2D eigenvalue weighted by Crippen LogP contribution is 2.11. The highest BCUT2D eigenvalue weighted by atomic mass is 16.5. The van der Waals surface area contributed by atoms with E-state index in [0.29, 0.717) is 25.0 Å². The average molecular weight is 256 g/mol. The summed E-state index contributed by atoms with van der Waals surface area (Å²) in [6, 6.07) is 0.498. The lowest BCUT2D eigenvalue weighted by atomic mass is 10.1. The maximum Gasteiger partial charge on any atom is 0.222 e. The Morgan fingerprint density at radius 3 is 2.89 bits per heavy atom. The highest BCUT2D eigenvalue weighted by molar-refractivity contribution is 5.76. The van der Waals surface area contributed by atoms with E-state index in [-0.39, 0.29) is 5.91 Å². The molecule has 18 heavy (non-hydrogen) atoms. The van der Waals surface area contributed by atoms with E-state index in [2.05, 4.69) is 19.2 Å². The van der Waals surface area contributed by atoms with Crippen molar-refractivity contribution in [2.45, 2.75) is 45.6 Å². The summed E-state index contributed by atoms with van der Waals surface area (Å²) in [6.07, 6.45) is 4.05. The van der Waals surface area contributed by atoms with Gasteiger partial charge in [0.1, 0.15) is 0 Å². The fourth-order valence-corrected chi connectivity index (χ4v) is 2.54. The molecule has 4 heteroatoms. The van der Waals surface area contributed by atoms with Gasteiger partial charge in [0.05, 0.1) is 0 Å². The van der Waals surface area contributed by atoms with Crippen molar-refractivity contribution in [3.8, 4) is 0 Å². The van der Waals surface area contributed by atoms with E-state index >= 15 is 0 Å². The molecule has 1 N–H and O–H groups in total. The molecule has 2 unspecified atom stereocenters. The Hall–Kier alpha value is -0.610. The standard InChI is InChI=1S/C14H28N2O2/c1-4-8-16(10-13-6-5-7-15-13)14(17)9-12(2)11-18-3/h12-13,15H,4-11H2,1-3H3. The first-order valence-corrected chi connectivity index (χ1v) is 7.17. The first-order valence-electron chi connectivity index (χ1n) is 7.17. The lowest BCUT2D eigenvalue weighted by Gasteiger charge is -2.26. The van der Waals surface area contributed by atoms with Gasteiger partial charge in [-0.1, -0.05) is 13.8 Å². The predicted octanol–water partition coefficient (Wildman–Crippen LogP) is 1.65. The van der Waals surface area contributed by atoms with Crippen LogP contribution in [-0.2, 0) is 9.53 Å². The molecule has 0 aromatic carbocycles. The lowest BCUT2D eigenvalue weighted by Crippen LogP contribution is -2.42. The molecule has 4 nitrogen and oxygen atoms in total. The van der Waals surface area contributed by atoms with Gasteiger partial charge in [0.25, 0.3) is 0 Å². The third-order valence-electron chi connectivity index (χ3n) is 3.42. The van der Waals surface area contributed by atoms with Gasteiger partial charge in [-0.05, 0) is 31.7 Å². The number of nitrogens with one attached hydrogen (secondary N) is 1. The molecule has 0 spiro atoms. The SMILES string of the molecule is CCCN(CC1CCCN1)C(=O)CC(C)COC. The smallest absolute Gasteiger partial charge is 0.222 e. The van der Waals surface area contributed by atoms with Crippen molar-refractivity contribution in [1.29, 1.82) is 0 Å². The molecule has 0 radical (unpaired) electrons. The van der Waals surface area contributed by atoms with Gasteiger partial charge in [0.15, 0.2) is 0 Å². The maximum absolute atomic E-state index is 12.2. The van der Waals surface area contributed by atoms with Gasteiger partial charge in [-0.25, -0.2) is 0 Å². The first-order chi connectivity index (χ1) is 8.67. The highest BCUT2D eigenvalue weighted by Gasteiger charge is 2.21. The minimum atomic E-state index is 0.273. The van der Waals surface area contributed by atoms with Gasteiger partial charge in [-0.15, -0.1) is 0 Å². The van der Waals surface area contributed by atoms with E-state index in [9.17, 15) is 4.79 Å². The predicted molar refractivity (Wildman–Crippen MR) is 73.6 cm³/mol. The molecule has 1 aliphatic rings. The van der Waals surface area contributed by atoms with Crippen LogP contribution in [0.5, 0.6) is 0 Å². The number of methoxy groups -OCH3 is 1. The van der Waals surface area contributed by atoms with Crippen molar-refractivity contribution in [3.63, 3.8) is 0 Å². The van der Waals surface area contributed by atoms with Crippen molar-refractivity contribution in [2.75, 3.05) is 33.4 Å². The fraction of sp³-hybridized carbons (Fsp3) is 0.929. The second kappa shape index (κ2) is 8.48. The van der Waals surface area contributed by atoms with Crippen LogP contribution in [0.3, 0.4) is 0 Å². The van der Waals surface area contributed by atoms with Crippen LogP contribution in [-0.4, -0.2) is 50.2 Å². The molecule has 1 rings (SSSR count). The Morgan fingerprint density at radius 1 is 1.56 bits per heavy atom. The van der Waals surface area contributed by atoms with Crippen LogP contribution in [0.1, 0.15) is 39.5 Å². The van der Waals surface area contributed by atoms with Gasteiger partial charge >= 0.3 is 0 Å². The molecule has 2 atom stereocenters. The van der Waals surface area contributed by atoms with Crippen molar-refractivity contribution in [1.82, 2.24) is 10.2 Å². The van der Waals surface area contributed by atoms with E-state index < -0.39 is 0 Å². The normalized spacial score (nSPS) is 20.9.